The summed E-state index contributed by atoms with van der Waals surface area (Å²) in [6.07, 6.45) is 0.688. The highest BCUT2D eigenvalue weighted by Gasteiger charge is 2.17. The molecule has 0 aromatic carbocycles. The van der Waals surface area contributed by atoms with E-state index in [2.05, 4.69) is 15.5 Å². The summed E-state index contributed by atoms with van der Waals surface area (Å²) in [7, 11) is 0. The Labute approximate surface area is 108 Å². The number of aliphatic hydroxyl groups excluding tert-OH is 1. The lowest BCUT2D eigenvalue weighted by Gasteiger charge is -2.14. The van der Waals surface area contributed by atoms with E-state index < -0.39 is 0 Å². The number of H-pyrrole nitrogens is 1. The molecule has 1 rings (SSSR count). The van der Waals surface area contributed by atoms with Gasteiger partial charge in [-0.25, -0.2) is 0 Å². The molecular formula is C13H23N3O2. The Morgan fingerprint density at radius 3 is 2.61 bits per heavy atom. The summed E-state index contributed by atoms with van der Waals surface area (Å²) >= 11 is 0. The van der Waals surface area contributed by atoms with Gasteiger partial charge in [0.25, 0.3) is 0 Å². The number of aromatic nitrogens is 2. The average molecular weight is 253 g/mol. The zero-order valence-electron chi connectivity index (χ0n) is 11.6. The molecule has 102 valence electrons. The third kappa shape index (κ3) is 3.84. The molecule has 0 aliphatic rings. The second-order valence-corrected chi connectivity index (χ2v) is 5.05. The van der Waals surface area contributed by atoms with E-state index in [1.165, 1.54) is 0 Å². The van der Waals surface area contributed by atoms with Crippen molar-refractivity contribution in [3.63, 3.8) is 0 Å². The van der Waals surface area contributed by atoms with Crippen LogP contribution in [0.15, 0.2) is 0 Å². The van der Waals surface area contributed by atoms with Crippen molar-refractivity contribution < 1.29 is 9.90 Å². The number of aryl methyl sites for hydroxylation is 2. The van der Waals surface area contributed by atoms with Gasteiger partial charge in [0.15, 0.2) is 0 Å². The van der Waals surface area contributed by atoms with Crippen molar-refractivity contribution in [2.75, 3.05) is 13.2 Å². The number of hydrogen-bond acceptors (Lipinski definition) is 3. The second-order valence-electron chi connectivity index (χ2n) is 5.05. The zero-order valence-corrected chi connectivity index (χ0v) is 11.6. The van der Waals surface area contributed by atoms with Crippen LogP contribution in [-0.4, -0.2) is 34.4 Å². The van der Waals surface area contributed by atoms with E-state index in [0.29, 0.717) is 13.0 Å². The van der Waals surface area contributed by atoms with Crippen LogP contribution < -0.4 is 5.32 Å². The first kappa shape index (κ1) is 14.7. The second kappa shape index (κ2) is 6.54. The average Bonchev–Trinajstić information content (AvgIpc) is 2.66. The molecule has 0 saturated carbocycles. The normalized spacial score (nSPS) is 14.3. The van der Waals surface area contributed by atoms with Crippen LogP contribution in [0.5, 0.6) is 0 Å². The van der Waals surface area contributed by atoms with Gasteiger partial charge < -0.3 is 10.4 Å². The van der Waals surface area contributed by atoms with Crippen LogP contribution in [0.2, 0.25) is 0 Å². The van der Waals surface area contributed by atoms with Crippen molar-refractivity contribution in [1.82, 2.24) is 15.5 Å². The molecule has 2 unspecified atom stereocenters. The summed E-state index contributed by atoms with van der Waals surface area (Å²) in [6.45, 7) is 8.32. The fourth-order valence-corrected chi connectivity index (χ4v) is 1.79. The summed E-state index contributed by atoms with van der Waals surface area (Å²) < 4.78 is 0. The molecule has 0 bridgehead atoms. The van der Waals surface area contributed by atoms with E-state index in [1.54, 1.807) is 0 Å². The Morgan fingerprint density at radius 2 is 2.11 bits per heavy atom. The molecule has 0 aliphatic heterocycles. The fraction of sp³-hybridized carbons (Fsp3) is 0.692. The largest absolute Gasteiger partial charge is 0.396 e. The highest BCUT2D eigenvalue weighted by atomic mass is 16.3. The molecule has 5 nitrogen and oxygen atoms in total. The van der Waals surface area contributed by atoms with Gasteiger partial charge in [-0.15, -0.1) is 0 Å². The highest BCUT2D eigenvalue weighted by molar-refractivity contribution is 5.78. The summed E-state index contributed by atoms with van der Waals surface area (Å²) in [5, 5.41) is 18.8. The smallest absolute Gasteiger partial charge is 0.223 e. The molecule has 0 fully saturated rings. The van der Waals surface area contributed by atoms with Gasteiger partial charge in [-0.2, -0.15) is 5.10 Å². The number of hydrogen-bond donors (Lipinski definition) is 3. The number of amides is 1. The molecule has 1 amide bonds. The van der Waals surface area contributed by atoms with Crippen LogP contribution in [-0.2, 0) is 11.2 Å². The van der Waals surface area contributed by atoms with E-state index in [1.807, 2.05) is 27.7 Å². The van der Waals surface area contributed by atoms with Gasteiger partial charge in [-0.3, -0.25) is 9.89 Å². The third-order valence-corrected chi connectivity index (χ3v) is 3.18. The Bertz CT molecular complexity index is 381. The van der Waals surface area contributed by atoms with Gasteiger partial charge in [0, 0.05) is 24.8 Å². The van der Waals surface area contributed by atoms with Gasteiger partial charge in [-0.1, -0.05) is 13.8 Å². The lowest BCUT2D eigenvalue weighted by atomic mass is 9.99. The molecule has 1 aromatic rings. The number of aliphatic hydroxyl groups is 1. The molecule has 0 saturated heterocycles. The molecule has 3 N–H and O–H groups in total. The number of carbonyl (C=O) groups excluding carboxylic acids is 1. The summed E-state index contributed by atoms with van der Waals surface area (Å²) in [5.41, 5.74) is 3.10. The van der Waals surface area contributed by atoms with Gasteiger partial charge in [0.1, 0.15) is 0 Å². The van der Waals surface area contributed by atoms with E-state index in [9.17, 15) is 4.79 Å². The number of nitrogens with zero attached hydrogens (tertiary/aromatic N) is 1. The minimum atomic E-state index is -0.0918. The van der Waals surface area contributed by atoms with Crippen LogP contribution in [0.1, 0.15) is 30.8 Å². The molecule has 0 radical (unpaired) electrons. The maximum Gasteiger partial charge on any atom is 0.223 e. The monoisotopic (exact) mass is 253 g/mol. The molecule has 5 heteroatoms. The lowest BCUT2D eigenvalue weighted by molar-refractivity contribution is -0.124. The fourth-order valence-electron chi connectivity index (χ4n) is 1.79. The van der Waals surface area contributed by atoms with Crippen LogP contribution in [0.3, 0.4) is 0 Å². The van der Waals surface area contributed by atoms with Crippen LogP contribution in [0.4, 0.5) is 0 Å². The third-order valence-electron chi connectivity index (χ3n) is 3.18. The standard InChI is InChI=1S/C13H23N3O2/c1-8(7-17)6-14-13(18)9(2)5-12-10(3)15-16-11(12)4/h8-9,17H,5-7H2,1-4H3,(H,14,18)(H,15,16). The van der Waals surface area contributed by atoms with Gasteiger partial charge >= 0.3 is 0 Å². The first-order valence-electron chi connectivity index (χ1n) is 6.34. The first-order valence-corrected chi connectivity index (χ1v) is 6.34. The lowest BCUT2D eigenvalue weighted by Crippen LogP contribution is -2.34. The van der Waals surface area contributed by atoms with Crippen LogP contribution in [0, 0.1) is 25.7 Å². The quantitative estimate of drug-likeness (QED) is 0.706. The Morgan fingerprint density at radius 1 is 1.44 bits per heavy atom. The van der Waals surface area contributed by atoms with Crippen molar-refractivity contribution in [2.45, 2.75) is 34.1 Å². The minimum Gasteiger partial charge on any atom is -0.396 e. The first-order chi connectivity index (χ1) is 8.45. The molecule has 1 aromatic heterocycles. The van der Waals surface area contributed by atoms with Crippen molar-refractivity contribution in [3.05, 3.63) is 17.0 Å². The molecular weight excluding hydrogens is 230 g/mol. The maximum atomic E-state index is 11.9. The van der Waals surface area contributed by atoms with Crippen LogP contribution in [0.25, 0.3) is 0 Å². The van der Waals surface area contributed by atoms with E-state index in [-0.39, 0.29) is 24.3 Å². The van der Waals surface area contributed by atoms with Crippen molar-refractivity contribution in [2.24, 2.45) is 11.8 Å². The van der Waals surface area contributed by atoms with Gasteiger partial charge in [0.2, 0.25) is 5.91 Å². The van der Waals surface area contributed by atoms with E-state index in [0.717, 1.165) is 17.0 Å². The number of carbonyl (C=O) groups is 1. The minimum absolute atomic E-state index is 0.0234. The zero-order chi connectivity index (χ0) is 13.7. The predicted molar refractivity (Wildman–Crippen MR) is 70.2 cm³/mol. The van der Waals surface area contributed by atoms with Crippen molar-refractivity contribution >= 4 is 5.91 Å². The number of aromatic amines is 1. The summed E-state index contributed by atoms with van der Waals surface area (Å²) in [5.74, 6) is 0.0275. The summed E-state index contributed by atoms with van der Waals surface area (Å²) in [4.78, 5) is 11.9. The van der Waals surface area contributed by atoms with Gasteiger partial charge in [-0.05, 0) is 31.7 Å². The number of rotatable bonds is 6. The Balaban J connectivity index is 2.50. The van der Waals surface area contributed by atoms with Crippen molar-refractivity contribution in [3.8, 4) is 0 Å². The topological polar surface area (TPSA) is 78.0 Å². The predicted octanol–water partition coefficient (Wildman–Crippen LogP) is 0.950. The molecule has 18 heavy (non-hydrogen) atoms. The van der Waals surface area contributed by atoms with Crippen molar-refractivity contribution in [1.29, 1.82) is 0 Å². The van der Waals surface area contributed by atoms with Gasteiger partial charge in [0.05, 0.1) is 5.69 Å². The molecule has 0 spiro atoms. The Hall–Kier alpha value is -1.36. The van der Waals surface area contributed by atoms with E-state index >= 15 is 0 Å². The maximum absolute atomic E-state index is 11.9. The highest BCUT2D eigenvalue weighted by Crippen LogP contribution is 2.15. The molecule has 1 heterocycles. The van der Waals surface area contributed by atoms with Crippen LogP contribution >= 0.6 is 0 Å². The molecule has 2 atom stereocenters. The Kier molecular flexibility index (Phi) is 5.34. The van der Waals surface area contributed by atoms with E-state index in [4.69, 9.17) is 5.11 Å². The SMILES string of the molecule is Cc1n[nH]c(C)c1CC(C)C(=O)NCC(C)CO. The molecule has 0 aliphatic carbocycles. The number of nitrogens with one attached hydrogen (secondary N) is 2. The summed E-state index contributed by atoms with van der Waals surface area (Å²) in [6, 6.07) is 0.